The fourth-order valence-corrected chi connectivity index (χ4v) is 1.91. The molecule has 0 bridgehead atoms. The Morgan fingerprint density at radius 1 is 1.40 bits per heavy atom. The minimum atomic E-state index is -0.282. The number of rotatable bonds is 6. The van der Waals surface area contributed by atoms with Crippen molar-refractivity contribution in [3.05, 3.63) is 12.2 Å². The molecule has 3 heteroatoms. The van der Waals surface area contributed by atoms with Crippen LogP contribution < -0.4 is 0 Å². The largest absolute Gasteiger partial charge is 0.462 e. The summed E-state index contributed by atoms with van der Waals surface area (Å²) in [5, 5.41) is 0. The van der Waals surface area contributed by atoms with Gasteiger partial charge in [0.25, 0.3) is 0 Å². The molecule has 0 aromatic rings. The van der Waals surface area contributed by atoms with Crippen LogP contribution in [-0.2, 0) is 9.53 Å². The summed E-state index contributed by atoms with van der Waals surface area (Å²) in [6.07, 6.45) is 0.916. The lowest BCUT2D eigenvalue weighted by Gasteiger charge is -2.16. The van der Waals surface area contributed by atoms with Crippen LogP contribution in [0, 0.1) is 5.41 Å². The van der Waals surface area contributed by atoms with E-state index in [4.69, 9.17) is 4.74 Å². The third-order valence-corrected chi connectivity index (χ3v) is 3.20. The number of hydrogen-bond acceptors (Lipinski definition) is 3. The summed E-state index contributed by atoms with van der Waals surface area (Å²) in [5.41, 5.74) is 0.844. The molecule has 0 unspecified atom stereocenters. The van der Waals surface area contributed by atoms with E-state index in [0.29, 0.717) is 17.6 Å². The van der Waals surface area contributed by atoms with Crippen molar-refractivity contribution in [2.45, 2.75) is 34.1 Å². The van der Waals surface area contributed by atoms with Gasteiger partial charge in [0, 0.05) is 5.57 Å². The van der Waals surface area contributed by atoms with Crippen molar-refractivity contribution >= 4 is 17.7 Å². The normalized spacial score (nSPS) is 11.2. The topological polar surface area (TPSA) is 26.3 Å². The van der Waals surface area contributed by atoms with Crippen LogP contribution in [0.3, 0.4) is 0 Å². The van der Waals surface area contributed by atoms with E-state index < -0.39 is 0 Å². The van der Waals surface area contributed by atoms with Gasteiger partial charge < -0.3 is 4.74 Å². The number of hydrogen-bond donors (Lipinski definition) is 0. The molecule has 0 rings (SSSR count). The molecule has 0 atom stereocenters. The first-order valence-electron chi connectivity index (χ1n) is 5.23. The lowest BCUT2D eigenvalue weighted by molar-refractivity contribution is -0.138. The summed E-state index contributed by atoms with van der Waals surface area (Å²) < 4.78 is 4.98. The van der Waals surface area contributed by atoms with Crippen molar-refractivity contribution in [2.24, 2.45) is 5.41 Å². The lowest BCUT2D eigenvalue weighted by atomic mass is 10.0. The lowest BCUT2D eigenvalue weighted by Crippen LogP contribution is -2.10. The van der Waals surface area contributed by atoms with Crippen LogP contribution in [0.25, 0.3) is 0 Å². The molecule has 0 amide bonds. The molecule has 15 heavy (non-hydrogen) atoms. The van der Waals surface area contributed by atoms with Crippen molar-refractivity contribution in [3.63, 3.8) is 0 Å². The molecule has 0 saturated carbocycles. The van der Waals surface area contributed by atoms with Crippen LogP contribution in [0.2, 0.25) is 0 Å². The molecule has 0 spiro atoms. The van der Waals surface area contributed by atoms with Gasteiger partial charge in [-0.25, -0.2) is 4.79 Å². The van der Waals surface area contributed by atoms with Gasteiger partial charge in [-0.1, -0.05) is 27.4 Å². The molecule has 0 aliphatic carbocycles. The second kappa shape index (κ2) is 6.94. The quantitative estimate of drug-likeness (QED) is 0.398. The molecule has 0 radical (unpaired) electrons. The van der Waals surface area contributed by atoms with Gasteiger partial charge in [0.05, 0.1) is 6.61 Å². The van der Waals surface area contributed by atoms with Gasteiger partial charge in [-0.3, -0.25) is 0 Å². The molecular weight excluding hydrogens is 208 g/mol. The monoisotopic (exact) mass is 230 g/mol. The average molecular weight is 230 g/mol. The van der Waals surface area contributed by atoms with Crippen LogP contribution in [-0.4, -0.2) is 24.1 Å². The van der Waals surface area contributed by atoms with Gasteiger partial charge >= 0.3 is 5.97 Å². The zero-order chi connectivity index (χ0) is 11.9. The average Bonchev–Trinajstić information content (AvgIpc) is 2.08. The van der Waals surface area contributed by atoms with Crippen LogP contribution >= 0.6 is 11.8 Å². The highest BCUT2D eigenvalue weighted by molar-refractivity contribution is 7.99. The van der Waals surface area contributed by atoms with Crippen LogP contribution in [0.1, 0.15) is 34.1 Å². The molecule has 0 aromatic heterocycles. The highest BCUT2D eigenvalue weighted by Crippen LogP contribution is 2.20. The molecule has 0 aromatic carbocycles. The molecule has 0 fully saturated rings. The highest BCUT2D eigenvalue weighted by atomic mass is 32.2. The van der Waals surface area contributed by atoms with Crippen LogP contribution in [0.4, 0.5) is 0 Å². The zero-order valence-corrected chi connectivity index (χ0v) is 11.1. The molecule has 0 N–H and O–H groups in total. The third-order valence-electron chi connectivity index (χ3n) is 1.55. The van der Waals surface area contributed by atoms with Crippen molar-refractivity contribution in [1.82, 2.24) is 0 Å². The summed E-state index contributed by atoms with van der Waals surface area (Å²) >= 11 is 1.91. The number of thioether (sulfide) groups is 1. The minimum absolute atomic E-state index is 0.282. The van der Waals surface area contributed by atoms with E-state index in [9.17, 15) is 4.79 Å². The van der Waals surface area contributed by atoms with E-state index in [1.54, 1.807) is 6.92 Å². The van der Waals surface area contributed by atoms with Gasteiger partial charge in [-0.05, 0) is 30.3 Å². The van der Waals surface area contributed by atoms with E-state index in [0.717, 1.165) is 17.9 Å². The van der Waals surface area contributed by atoms with Gasteiger partial charge in [0.2, 0.25) is 0 Å². The summed E-state index contributed by atoms with van der Waals surface area (Å²) in [6.45, 7) is 12.4. The van der Waals surface area contributed by atoms with Crippen LogP contribution in [0.5, 0.6) is 0 Å². The minimum Gasteiger partial charge on any atom is -0.462 e. The summed E-state index contributed by atoms with van der Waals surface area (Å²) in [6, 6.07) is 0. The predicted octanol–water partition coefficient (Wildman–Crippen LogP) is 3.28. The van der Waals surface area contributed by atoms with Crippen LogP contribution in [0.15, 0.2) is 12.2 Å². The maximum absolute atomic E-state index is 11.0. The molecule has 0 aliphatic heterocycles. The Hall–Kier alpha value is -0.440. The summed E-state index contributed by atoms with van der Waals surface area (Å²) in [4.78, 5) is 11.0. The zero-order valence-electron chi connectivity index (χ0n) is 10.3. The maximum Gasteiger partial charge on any atom is 0.333 e. The Labute approximate surface area is 97.5 Å². The smallest absolute Gasteiger partial charge is 0.333 e. The van der Waals surface area contributed by atoms with Crippen molar-refractivity contribution in [2.75, 3.05) is 18.1 Å². The highest BCUT2D eigenvalue weighted by Gasteiger charge is 2.09. The number of ether oxygens (including phenoxy) is 1. The Balaban J connectivity index is 3.33. The molecule has 0 aliphatic rings. The summed E-state index contributed by atoms with van der Waals surface area (Å²) in [5.74, 6) is 1.90. The maximum atomic E-state index is 11.0. The first kappa shape index (κ1) is 14.6. The second-order valence-electron chi connectivity index (χ2n) is 4.88. The molecule has 0 saturated heterocycles. The summed E-state index contributed by atoms with van der Waals surface area (Å²) in [7, 11) is 0. The van der Waals surface area contributed by atoms with E-state index in [-0.39, 0.29) is 5.97 Å². The Morgan fingerprint density at radius 2 is 2.00 bits per heavy atom. The van der Waals surface area contributed by atoms with Gasteiger partial charge in [-0.2, -0.15) is 11.8 Å². The van der Waals surface area contributed by atoms with E-state index >= 15 is 0 Å². The van der Waals surface area contributed by atoms with E-state index in [1.165, 1.54) is 0 Å². The fraction of sp³-hybridized carbons (Fsp3) is 0.750. The third kappa shape index (κ3) is 9.85. The molecule has 0 heterocycles. The van der Waals surface area contributed by atoms with E-state index in [2.05, 4.69) is 27.4 Å². The van der Waals surface area contributed by atoms with Gasteiger partial charge in [0.15, 0.2) is 0 Å². The Bertz CT molecular complexity index is 216. The van der Waals surface area contributed by atoms with Crippen molar-refractivity contribution in [3.8, 4) is 0 Å². The number of carbonyl (C=O) groups is 1. The standard InChI is InChI=1S/C12H22O2S/c1-10(2)11(13)14-7-6-8-15-9-12(3,4)5/h1,6-9H2,2-5H3. The second-order valence-corrected chi connectivity index (χ2v) is 5.99. The molecule has 2 nitrogen and oxygen atoms in total. The van der Waals surface area contributed by atoms with Crippen molar-refractivity contribution in [1.29, 1.82) is 0 Å². The Morgan fingerprint density at radius 3 is 2.47 bits per heavy atom. The fourth-order valence-electron chi connectivity index (χ4n) is 0.827. The van der Waals surface area contributed by atoms with E-state index in [1.807, 2.05) is 11.8 Å². The first-order chi connectivity index (χ1) is 6.83. The number of carbonyl (C=O) groups excluding carboxylic acids is 1. The predicted molar refractivity (Wildman–Crippen MR) is 67.2 cm³/mol. The van der Waals surface area contributed by atoms with Gasteiger partial charge in [-0.15, -0.1) is 0 Å². The van der Waals surface area contributed by atoms with Crippen molar-refractivity contribution < 1.29 is 9.53 Å². The number of esters is 1. The molecule has 88 valence electrons. The Kier molecular flexibility index (Phi) is 6.73. The first-order valence-corrected chi connectivity index (χ1v) is 6.39. The SMILES string of the molecule is C=C(C)C(=O)OCCCSCC(C)(C)C. The van der Waals surface area contributed by atoms with Gasteiger partial charge in [0.1, 0.15) is 0 Å². The molecular formula is C12H22O2S.